The van der Waals surface area contributed by atoms with Gasteiger partial charge in [-0.3, -0.25) is 13.8 Å². The third kappa shape index (κ3) is 7.44. The number of aliphatic carboxylic acids is 1. The zero-order valence-electron chi connectivity index (χ0n) is 25.4. The number of piperazine rings is 1. The first kappa shape index (κ1) is 31.9. The molecule has 0 amide bonds. The van der Waals surface area contributed by atoms with Crippen LogP contribution in [0.15, 0.2) is 83.8 Å². The Labute approximate surface area is 264 Å². The number of rotatable bonds is 9. The van der Waals surface area contributed by atoms with E-state index in [0.717, 1.165) is 37.9 Å². The molecule has 2 atom stereocenters. The second-order valence-electron chi connectivity index (χ2n) is 11.2. The molecule has 10 nitrogen and oxygen atoms in total. The minimum atomic E-state index is -2.70. The minimum absolute atomic E-state index is 0.0799. The highest BCUT2D eigenvalue weighted by Gasteiger charge is 2.35. The van der Waals surface area contributed by atoms with Crippen molar-refractivity contribution in [2.75, 3.05) is 38.2 Å². The quantitative estimate of drug-likeness (QED) is 0.221. The number of anilines is 1. The number of ether oxygens (including phenoxy) is 1. The second-order valence-corrected chi connectivity index (χ2v) is 12.0. The summed E-state index contributed by atoms with van der Waals surface area (Å²) in [4.78, 5) is 27.2. The zero-order valence-corrected chi connectivity index (χ0v) is 26.2. The Hall–Kier alpha value is -4.47. The van der Waals surface area contributed by atoms with Gasteiger partial charge in [-0.15, -0.1) is 0 Å². The average molecular weight is 628 g/mol. The van der Waals surface area contributed by atoms with Crippen LogP contribution in [0.3, 0.4) is 0 Å². The smallest absolute Gasteiger partial charge is 0.323 e. The fourth-order valence-electron chi connectivity index (χ4n) is 5.46. The number of fused-ring (bicyclic) bond motifs is 1. The molecule has 0 radical (unpaired) electrons. The van der Waals surface area contributed by atoms with Crippen LogP contribution in [-0.2, 0) is 22.6 Å². The average Bonchev–Trinajstić information content (AvgIpc) is 3.04. The van der Waals surface area contributed by atoms with Crippen LogP contribution in [0.25, 0.3) is 10.8 Å². The van der Waals surface area contributed by atoms with Crippen molar-refractivity contribution in [3.8, 4) is 17.6 Å². The molecule has 1 fully saturated rings. The predicted molar refractivity (Wildman–Crippen MR) is 174 cm³/mol. The van der Waals surface area contributed by atoms with E-state index in [1.54, 1.807) is 36.7 Å². The number of carboxylic acid groups (broad SMARTS) is 1. The van der Waals surface area contributed by atoms with E-state index in [1.165, 1.54) is 0 Å². The van der Waals surface area contributed by atoms with Crippen LogP contribution in [0.4, 0.5) is 5.69 Å². The van der Waals surface area contributed by atoms with Gasteiger partial charge >= 0.3 is 5.97 Å². The largest absolute Gasteiger partial charge is 0.759 e. The van der Waals surface area contributed by atoms with Crippen molar-refractivity contribution in [3.05, 3.63) is 106 Å². The van der Waals surface area contributed by atoms with Gasteiger partial charge in [0, 0.05) is 65.8 Å². The fraction of sp³-hybridized carbons (Fsp3) is 0.294. The number of benzene rings is 3. The Balaban J connectivity index is 1.25. The summed E-state index contributed by atoms with van der Waals surface area (Å²) in [6.07, 6.45) is 1.81. The van der Waals surface area contributed by atoms with Gasteiger partial charge in [-0.2, -0.15) is 4.41 Å². The maximum atomic E-state index is 13.3. The van der Waals surface area contributed by atoms with Crippen molar-refractivity contribution in [1.29, 1.82) is 0 Å². The summed E-state index contributed by atoms with van der Waals surface area (Å²) in [6, 6.07) is 21.8. The summed E-state index contributed by atoms with van der Waals surface area (Å²) in [5.74, 6) is 5.57. The van der Waals surface area contributed by atoms with Crippen molar-refractivity contribution in [1.82, 2.24) is 14.0 Å². The highest BCUT2D eigenvalue weighted by molar-refractivity contribution is 7.76. The predicted octanol–water partition coefficient (Wildman–Crippen LogP) is 3.70. The van der Waals surface area contributed by atoms with E-state index < -0.39 is 23.3 Å². The van der Waals surface area contributed by atoms with Gasteiger partial charge in [0.2, 0.25) is 0 Å². The third-order valence-electron chi connectivity index (χ3n) is 7.88. The molecule has 5 rings (SSSR count). The standard InChI is InChI=1S/C34H36N4O6S/c1-24(2)32(34(40)41)38(45(42)43)37-20-18-35(19-21-37)29-12-7-25(8-13-29)4-5-26-6-11-28-16-17-36(33(39)31(28)22-26)23-27-9-14-30(44-3)15-10-27/h6-17,22,24,32H,18-21,23H2,1-3H3,(H,40,41)(H,42,43)/p-1. The van der Waals surface area contributed by atoms with Crippen molar-refractivity contribution < 1.29 is 23.4 Å². The molecular formula is C34H35N4O6S-. The van der Waals surface area contributed by atoms with Gasteiger partial charge in [-0.1, -0.05) is 43.9 Å². The van der Waals surface area contributed by atoms with Gasteiger partial charge in [0.1, 0.15) is 11.8 Å². The number of carboxylic acids is 1. The third-order valence-corrected chi connectivity index (χ3v) is 8.65. The van der Waals surface area contributed by atoms with Gasteiger partial charge in [0.05, 0.1) is 13.7 Å². The molecule has 0 saturated carbocycles. The van der Waals surface area contributed by atoms with Crippen molar-refractivity contribution in [2.24, 2.45) is 5.92 Å². The van der Waals surface area contributed by atoms with E-state index in [0.29, 0.717) is 38.1 Å². The Morgan fingerprint density at radius 3 is 2.22 bits per heavy atom. The molecule has 234 valence electrons. The lowest BCUT2D eigenvalue weighted by atomic mass is 10.1. The molecule has 4 aromatic rings. The molecule has 0 bridgehead atoms. The maximum absolute atomic E-state index is 13.3. The number of aromatic nitrogens is 1. The highest BCUT2D eigenvalue weighted by Crippen LogP contribution is 2.22. The number of hydrogen-bond acceptors (Lipinski definition) is 7. The summed E-state index contributed by atoms with van der Waals surface area (Å²) < 4.78 is 31.8. The first-order valence-corrected chi connectivity index (χ1v) is 15.7. The second kappa shape index (κ2) is 14.1. The van der Waals surface area contributed by atoms with E-state index in [2.05, 4.69) is 16.7 Å². The minimum Gasteiger partial charge on any atom is -0.759 e. The number of carbonyl (C=O) groups is 1. The van der Waals surface area contributed by atoms with E-state index >= 15 is 0 Å². The lowest BCUT2D eigenvalue weighted by molar-refractivity contribution is -0.149. The van der Waals surface area contributed by atoms with Crippen LogP contribution >= 0.6 is 0 Å². The van der Waals surface area contributed by atoms with E-state index in [-0.39, 0.29) is 11.5 Å². The molecule has 1 N–H and O–H groups in total. The first-order chi connectivity index (χ1) is 21.6. The van der Waals surface area contributed by atoms with Crippen LogP contribution in [-0.4, -0.2) is 73.2 Å². The molecule has 45 heavy (non-hydrogen) atoms. The van der Waals surface area contributed by atoms with Gasteiger partial charge in [-0.05, 0) is 71.5 Å². The lowest BCUT2D eigenvalue weighted by Crippen LogP contribution is -2.60. The van der Waals surface area contributed by atoms with Crippen LogP contribution in [0.2, 0.25) is 0 Å². The molecule has 0 spiro atoms. The van der Waals surface area contributed by atoms with Crippen LogP contribution < -0.4 is 15.2 Å². The molecule has 1 aliphatic heterocycles. The maximum Gasteiger partial charge on any atom is 0.323 e. The topological polar surface area (TPSA) is 118 Å². The van der Waals surface area contributed by atoms with E-state index in [1.807, 2.05) is 72.8 Å². The molecular weight excluding hydrogens is 592 g/mol. The summed E-state index contributed by atoms with van der Waals surface area (Å²) in [6.45, 7) is 5.66. The molecule has 11 heteroatoms. The zero-order chi connectivity index (χ0) is 32.1. The highest BCUT2D eigenvalue weighted by atomic mass is 32.2. The molecule has 1 aliphatic rings. The summed E-state index contributed by atoms with van der Waals surface area (Å²) in [7, 11) is 1.62. The van der Waals surface area contributed by atoms with Crippen LogP contribution in [0.1, 0.15) is 30.5 Å². The van der Waals surface area contributed by atoms with Crippen molar-refractivity contribution in [2.45, 2.75) is 26.4 Å². The van der Waals surface area contributed by atoms with E-state index in [9.17, 15) is 23.5 Å². The van der Waals surface area contributed by atoms with E-state index in [4.69, 9.17) is 4.74 Å². The Kier molecular flexibility index (Phi) is 10.0. The van der Waals surface area contributed by atoms with Crippen LogP contribution in [0, 0.1) is 17.8 Å². The molecule has 3 aromatic carbocycles. The van der Waals surface area contributed by atoms with Crippen molar-refractivity contribution in [3.63, 3.8) is 0 Å². The fourth-order valence-corrected chi connectivity index (χ4v) is 6.33. The summed E-state index contributed by atoms with van der Waals surface area (Å²) in [5.41, 5.74) is 3.44. The van der Waals surface area contributed by atoms with Crippen LogP contribution in [0.5, 0.6) is 5.75 Å². The molecule has 2 heterocycles. The van der Waals surface area contributed by atoms with Gasteiger partial charge in [0.15, 0.2) is 0 Å². The Morgan fingerprint density at radius 2 is 1.62 bits per heavy atom. The number of nitrogens with zero attached hydrogens (tertiary/aromatic N) is 4. The number of methoxy groups -OCH3 is 1. The molecule has 1 aromatic heterocycles. The molecule has 1 saturated heterocycles. The monoisotopic (exact) mass is 627 g/mol. The molecule has 2 unspecified atom stereocenters. The van der Waals surface area contributed by atoms with Gasteiger partial charge < -0.3 is 23.9 Å². The lowest BCUT2D eigenvalue weighted by Gasteiger charge is -2.45. The summed E-state index contributed by atoms with van der Waals surface area (Å²) >= 11 is -2.70. The number of pyridine rings is 1. The first-order valence-electron chi connectivity index (χ1n) is 14.6. The molecule has 0 aliphatic carbocycles. The van der Waals surface area contributed by atoms with Gasteiger partial charge in [-0.25, -0.2) is 5.01 Å². The number of hydrazine groups is 1. The Morgan fingerprint density at radius 1 is 0.978 bits per heavy atom. The van der Waals surface area contributed by atoms with Gasteiger partial charge in [0.25, 0.3) is 5.56 Å². The van der Waals surface area contributed by atoms with Crippen molar-refractivity contribution >= 4 is 33.7 Å². The Bertz CT molecular complexity index is 1800. The SMILES string of the molecule is COc1ccc(Cn2ccc3ccc(C#Cc4ccc(N5CCN(N(C(C(=O)O)C(C)C)S(=O)[O-])CC5)cc4)cc3c2=O)cc1. The number of hydrogen-bond donors (Lipinski definition) is 1. The normalized spacial score (nSPS) is 15.1. The summed E-state index contributed by atoms with van der Waals surface area (Å²) in [5, 5.41) is 12.7.